The molecule has 0 aliphatic rings. The van der Waals surface area contributed by atoms with E-state index in [2.05, 4.69) is 24.1 Å². The van der Waals surface area contributed by atoms with Gasteiger partial charge in [0, 0.05) is 12.6 Å². The van der Waals surface area contributed by atoms with Crippen LogP contribution in [0.3, 0.4) is 0 Å². The summed E-state index contributed by atoms with van der Waals surface area (Å²) >= 11 is 0. The summed E-state index contributed by atoms with van der Waals surface area (Å²) in [7, 11) is 2.05. The number of nitrogens with zero attached hydrogens (tertiary/aromatic N) is 1. The maximum absolute atomic E-state index is 13.1. The lowest BCUT2D eigenvalue weighted by Crippen LogP contribution is -2.20. The Morgan fingerprint density at radius 3 is 2.57 bits per heavy atom. The lowest BCUT2D eigenvalue weighted by Gasteiger charge is -2.18. The van der Waals surface area contributed by atoms with Gasteiger partial charge < -0.3 is 10.6 Å². The number of rotatable bonds is 7. The molecule has 3 heteroatoms. The lowest BCUT2D eigenvalue weighted by atomic mass is 10.0. The summed E-state index contributed by atoms with van der Waals surface area (Å²) in [6, 6.07) is 17.0. The molecule has 0 aliphatic heterocycles. The van der Waals surface area contributed by atoms with Gasteiger partial charge in [-0.25, -0.2) is 4.39 Å². The maximum Gasteiger partial charge on any atom is 0.123 e. The molecule has 2 nitrogen and oxygen atoms in total. The Labute approximate surface area is 126 Å². The predicted octanol–water partition coefficient (Wildman–Crippen LogP) is 3.74. The summed E-state index contributed by atoms with van der Waals surface area (Å²) in [6.07, 6.45) is 1.99. The van der Waals surface area contributed by atoms with Gasteiger partial charge in [0.05, 0.1) is 0 Å². The van der Waals surface area contributed by atoms with E-state index >= 15 is 0 Å². The van der Waals surface area contributed by atoms with Crippen LogP contribution in [-0.2, 0) is 6.54 Å². The second-order valence-corrected chi connectivity index (χ2v) is 5.53. The zero-order valence-electron chi connectivity index (χ0n) is 12.5. The van der Waals surface area contributed by atoms with E-state index in [-0.39, 0.29) is 11.9 Å². The Hall–Kier alpha value is -1.71. The first-order valence-corrected chi connectivity index (χ1v) is 7.38. The molecule has 0 fully saturated rings. The lowest BCUT2D eigenvalue weighted by molar-refractivity contribution is 0.314. The summed E-state index contributed by atoms with van der Waals surface area (Å²) in [5.41, 5.74) is 8.38. The molecule has 2 aromatic rings. The molecule has 2 aromatic carbocycles. The van der Waals surface area contributed by atoms with Gasteiger partial charge in [0.2, 0.25) is 0 Å². The standard InChI is InChI=1S/C18H23FN2/c1-21(14-15-7-5-10-17(19)13-15)12-6-11-18(20)16-8-3-2-4-9-16/h2-5,7-10,13,18H,6,11-12,14,20H2,1H3. The fourth-order valence-electron chi connectivity index (χ4n) is 2.47. The molecule has 112 valence electrons. The van der Waals surface area contributed by atoms with Crippen LogP contribution in [0.15, 0.2) is 54.6 Å². The number of halogens is 1. The first-order chi connectivity index (χ1) is 10.1. The minimum Gasteiger partial charge on any atom is -0.324 e. The van der Waals surface area contributed by atoms with Crippen LogP contribution in [0.1, 0.15) is 30.0 Å². The molecular formula is C18H23FN2. The van der Waals surface area contributed by atoms with Crippen LogP contribution in [0.25, 0.3) is 0 Å². The molecule has 0 saturated carbocycles. The molecule has 0 amide bonds. The van der Waals surface area contributed by atoms with E-state index in [1.165, 1.54) is 11.6 Å². The van der Waals surface area contributed by atoms with Crippen LogP contribution in [-0.4, -0.2) is 18.5 Å². The number of nitrogens with two attached hydrogens (primary N) is 1. The van der Waals surface area contributed by atoms with Crippen molar-refractivity contribution in [3.05, 3.63) is 71.5 Å². The molecule has 1 unspecified atom stereocenters. The minimum atomic E-state index is -0.174. The Kier molecular flexibility index (Phi) is 5.90. The van der Waals surface area contributed by atoms with Crippen molar-refractivity contribution in [1.29, 1.82) is 0 Å². The third kappa shape index (κ3) is 5.29. The van der Waals surface area contributed by atoms with Gasteiger partial charge in [0.15, 0.2) is 0 Å². The Balaban J connectivity index is 1.73. The van der Waals surface area contributed by atoms with E-state index in [0.29, 0.717) is 0 Å². The van der Waals surface area contributed by atoms with Crippen molar-refractivity contribution in [1.82, 2.24) is 4.90 Å². The van der Waals surface area contributed by atoms with E-state index in [9.17, 15) is 4.39 Å². The normalized spacial score (nSPS) is 12.6. The van der Waals surface area contributed by atoms with Crippen molar-refractivity contribution in [3.63, 3.8) is 0 Å². The van der Waals surface area contributed by atoms with E-state index in [0.717, 1.165) is 31.5 Å². The number of hydrogen-bond donors (Lipinski definition) is 1. The van der Waals surface area contributed by atoms with E-state index in [4.69, 9.17) is 5.73 Å². The maximum atomic E-state index is 13.1. The van der Waals surface area contributed by atoms with Crippen molar-refractivity contribution in [2.75, 3.05) is 13.6 Å². The zero-order valence-corrected chi connectivity index (χ0v) is 12.5. The Morgan fingerprint density at radius 2 is 1.86 bits per heavy atom. The monoisotopic (exact) mass is 286 g/mol. The van der Waals surface area contributed by atoms with Crippen molar-refractivity contribution in [3.8, 4) is 0 Å². The van der Waals surface area contributed by atoms with Crippen molar-refractivity contribution in [2.45, 2.75) is 25.4 Å². The summed E-state index contributed by atoms with van der Waals surface area (Å²) < 4.78 is 13.1. The first-order valence-electron chi connectivity index (χ1n) is 7.38. The van der Waals surface area contributed by atoms with Gasteiger partial charge >= 0.3 is 0 Å². The molecule has 0 heterocycles. The quantitative estimate of drug-likeness (QED) is 0.840. The van der Waals surface area contributed by atoms with E-state index in [1.807, 2.05) is 24.3 Å². The van der Waals surface area contributed by atoms with E-state index < -0.39 is 0 Å². The van der Waals surface area contributed by atoms with E-state index in [1.54, 1.807) is 12.1 Å². The molecule has 2 N–H and O–H groups in total. The van der Waals surface area contributed by atoms with Gasteiger partial charge in [-0.3, -0.25) is 0 Å². The SMILES string of the molecule is CN(CCCC(N)c1ccccc1)Cc1cccc(F)c1. The summed E-state index contributed by atoms with van der Waals surface area (Å²) in [4.78, 5) is 2.20. The van der Waals surface area contributed by atoms with Gasteiger partial charge in [0.25, 0.3) is 0 Å². The minimum absolute atomic E-state index is 0.0915. The molecule has 0 aliphatic carbocycles. The first kappa shape index (κ1) is 15.7. The zero-order chi connectivity index (χ0) is 15.1. The molecule has 0 bridgehead atoms. The number of hydrogen-bond acceptors (Lipinski definition) is 2. The summed E-state index contributed by atoms with van der Waals surface area (Å²) in [5.74, 6) is -0.174. The highest BCUT2D eigenvalue weighted by atomic mass is 19.1. The van der Waals surface area contributed by atoms with Crippen LogP contribution in [0.2, 0.25) is 0 Å². The van der Waals surface area contributed by atoms with Crippen molar-refractivity contribution in [2.24, 2.45) is 5.73 Å². The second kappa shape index (κ2) is 7.91. The van der Waals surface area contributed by atoms with Gasteiger partial charge in [-0.15, -0.1) is 0 Å². The van der Waals surface area contributed by atoms with Crippen LogP contribution >= 0.6 is 0 Å². The molecule has 0 saturated heterocycles. The number of benzene rings is 2. The van der Waals surface area contributed by atoms with Gasteiger partial charge in [-0.1, -0.05) is 42.5 Å². The van der Waals surface area contributed by atoms with Crippen molar-refractivity contribution < 1.29 is 4.39 Å². The highest BCUT2D eigenvalue weighted by molar-refractivity contribution is 5.18. The topological polar surface area (TPSA) is 29.3 Å². The average Bonchev–Trinajstić information content (AvgIpc) is 2.48. The highest BCUT2D eigenvalue weighted by Gasteiger charge is 2.06. The predicted molar refractivity (Wildman–Crippen MR) is 85.3 cm³/mol. The Bertz CT molecular complexity index is 542. The molecular weight excluding hydrogens is 263 g/mol. The highest BCUT2D eigenvalue weighted by Crippen LogP contribution is 2.15. The van der Waals surface area contributed by atoms with Gasteiger partial charge in [-0.05, 0) is 49.7 Å². The fraction of sp³-hybridized carbons (Fsp3) is 0.333. The summed E-state index contributed by atoms with van der Waals surface area (Å²) in [5, 5.41) is 0. The van der Waals surface area contributed by atoms with Gasteiger partial charge in [-0.2, -0.15) is 0 Å². The molecule has 0 radical (unpaired) electrons. The average molecular weight is 286 g/mol. The smallest absolute Gasteiger partial charge is 0.123 e. The van der Waals surface area contributed by atoms with Crippen LogP contribution in [0.4, 0.5) is 4.39 Å². The second-order valence-electron chi connectivity index (χ2n) is 5.53. The molecule has 1 atom stereocenters. The molecule has 0 aromatic heterocycles. The van der Waals surface area contributed by atoms with Crippen LogP contribution < -0.4 is 5.73 Å². The Morgan fingerprint density at radius 1 is 1.10 bits per heavy atom. The largest absolute Gasteiger partial charge is 0.324 e. The summed E-state index contributed by atoms with van der Waals surface area (Å²) in [6.45, 7) is 1.72. The fourth-order valence-corrected chi connectivity index (χ4v) is 2.47. The van der Waals surface area contributed by atoms with Crippen molar-refractivity contribution >= 4 is 0 Å². The third-order valence-corrected chi connectivity index (χ3v) is 3.62. The molecule has 2 rings (SSSR count). The van der Waals surface area contributed by atoms with Gasteiger partial charge in [0.1, 0.15) is 5.82 Å². The van der Waals surface area contributed by atoms with Crippen LogP contribution in [0.5, 0.6) is 0 Å². The third-order valence-electron chi connectivity index (χ3n) is 3.62. The molecule has 0 spiro atoms. The molecule has 21 heavy (non-hydrogen) atoms. The van der Waals surface area contributed by atoms with Crippen LogP contribution in [0, 0.1) is 5.82 Å².